The molecule has 2 heterocycles. The normalized spacial score (nSPS) is 11.0. The van der Waals surface area contributed by atoms with Crippen molar-refractivity contribution in [1.29, 1.82) is 0 Å². The predicted molar refractivity (Wildman–Crippen MR) is 82.6 cm³/mol. The van der Waals surface area contributed by atoms with Crippen molar-refractivity contribution in [3.8, 4) is 17.0 Å². The van der Waals surface area contributed by atoms with Crippen molar-refractivity contribution in [1.82, 2.24) is 9.38 Å². The van der Waals surface area contributed by atoms with Crippen LogP contribution in [0.1, 0.15) is 16.8 Å². The number of benzene rings is 1. The average Bonchev–Trinajstić information content (AvgIpc) is 2.87. The van der Waals surface area contributed by atoms with Crippen LogP contribution in [0.5, 0.6) is 5.75 Å². The van der Waals surface area contributed by atoms with Gasteiger partial charge in [0.15, 0.2) is 0 Å². The van der Waals surface area contributed by atoms with Gasteiger partial charge in [-0.25, -0.2) is 4.98 Å². The summed E-state index contributed by atoms with van der Waals surface area (Å²) in [7, 11) is 1.66. The summed E-state index contributed by atoms with van der Waals surface area (Å²) in [6.45, 7) is 3.97. The number of fused-ring (bicyclic) bond motifs is 1. The Morgan fingerprint density at radius 2 is 2.00 bits per heavy atom. The molecule has 2 aromatic heterocycles. The molecule has 3 aromatic rings. The van der Waals surface area contributed by atoms with Gasteiger partial charge in [0.1, 0.15) is 11.4 Å². The lowest BCUT2D eigenvalue weighted by atomic mass is 10.1. The van der Waals surface area contributed by atoms with Crippen LogP contribution in [0.4, 0.5) is 0 Å². The van der Waals surface area contributed by atoms with E-state index >= 15 is 0 Å². The molecule has 1 N–H and O–H groups in total. The first-order valence-electron chi connectivity index (χ1n) is 6.88. The van der Waals surface area contributed by atoms with Gasteiger partial charge < -0.3 is 14.2 Å². The lowest BCUT2D eigenvalue weighted by Crippen LogP contribution is -1.95. The van der Waals surface area contributed by atoms with Gasteiger partial charge >= 0.3 is 0 Å². The van der Waals surface area contributed by atoms with Crippen LogP contribution >= 0.6 is 0 Å². The van der Waals surface area contributed by atoms with Crippen molar-refractivity contribution in [2.75, 3.05) is 7.11 Å². The summed E-state index contributed by atoms with van der Waals surface area (Å²) in [6.07, 6.45) is 1.93. The second-order valence-corrected chi connectivity index (χ2v) is 5.13. The third-order valence-electron chi connectivity index (χ3n) is 3.76. The number of ether oxygens (including phenoxy) is 1. The Labute approximate surface area is 123 Å². The Kier molecular flexibility index (Phi) is 3.39. The predicted octanol–water partition coefficient (Wildman–Crippen LogP) is 3.12. The van der Waals surface area contributed by atoms with Gasteiger partial charge in [0, 0.05) is 11.8 Å². The number of methoxy groups -OCH3 is 1. The standard InChI is InChI=1S/C17H18N2O2/c1-11-5-4-8-19-14(10-20)16(18-17(11)19)13-6-7-15(21-3)12(2)9-13/h4-9,20H,10H2,1-3H3. The number of aryl methyl sites for hydroxylation is 2. The van der Waals surface area contributed by atoms with Crippen molar-refractivity contribution in [3.05, 3.63) is 53.3 Å². The van der Waals surface area contributed by atoms with E-state index in [0.717, 1.165) is 39.5 Å². The number of hydrogen-bond acceptors (Lipinski definition) is 3. The minimum Gasteiger partial charge on any atom is -0.496 e. The fourth-order valence-electron chi connectivity index (χ4n) is 2.66. The summed E-state index contributed by atoms with van der Waals surface area (Å²) in [4.78, 5) is 4.71. The number of pyridine rings is 1. The average molecular weight is 282 g/mol. The van der Waals surface area contributed by atoms with Crippen LogP contribution in [0.25, 0.3) is 16.9 Å². The van der Waals surface area contributed by atoms with Crippen molar-refractivity contribution in [3.63, 3.8) is 0 Å². The number of aliphatic hydroxyl groups excluding tert-OH is 1. The highest BCUT2D eigenvalue weighted by Crippen LogP contribution is 2.29. The van der Waals surface area contributed by atoms with E-state index in [1.54, 1.807) is 7.11 Å². The SMILES string of the molecule is COc1ccc(-c2nc3c(C)cccn3c2CO)cc1C. The van der Waals surface area contributed by atoms with Crippen LogP contribution in [0.15, 0.2) is 36.5 Å². The Bertz CT molecular complexity index is 806. The third kappa shape index (κ3) is 2.17. The fourth-order valence-corrected chi connectivity index (χ4v) is 2.66. The lowest BCUT2D eigenvalue weighted by molar-refractivity contribution is 0.276. The van der Waals surface area contributed by atoms with E-state index in [2.05, 4.69) is 0 Å². The van der Waals surface area contributed by atoms with Crippen LogP contribution in [0, 0.1) is 13.8 Å². The van der Waals surface area contributed by atoms with Gasteiger partial charge in [0.25, 0.3) is 0 Å². The summed E-state index contributed by atoms with van der Waals surface area (Å²) < 4.78 is 7.24. The van der Waals surface area contributed by atoms with Gasteiger partial charge in [-0.2, -0.15) is 0 Å². The molecule has 4 heteroatoms. The molecule has 3 rings (SSSR count). The van der Waals surface area contributed by atoms with E-state index in [1.165, 1.54) is 0 Å². The first-order valence-corrected chi connectivity index (χ1v) is 6.88. The van der Waals surface area contributed by atoms with E-state index in [0.29, 0.717) is 0 Å². The number of imidazole rings is 1. The monoisotopic (exact) mass is 282 g/mol. The largest absolute Gasteiger partial charge is 0.496 e. The molecule has 21 heavy (non-hydrogen) atoms. The molecule has 0 aliphatic carbocycles. The highest BCUT2D eigenvalue weighted by atomic mass is 16.5. The van der Waals surface area contributed by atoms with Gasteiger partial charge in [-0.1, -0.05) is 6.07 Å². The highest BCUT2D eigenvalue weighted by molar-refractivity contribution is 5.69. The van der Waals surface area contributed by atoms with Crippen molar-refractivity contribution >= 4 is 5.65 Å². The number of hydrogen-bond donors (Lipinski definition) is 1. The topological polar surface area (TPSA) is 46.8 Å². The van der Waals surface area contributed by atoms with E-state index in [1.807, 2.05) is 54.8 Å². The van der Waals surface area contributed by atoms with E-state index < -0.39 is 0 Å². The van der Waals surface area contributed by atoms with Crippen molar-refractivity contribution in [2.24, 2.45) is 0 Å². The molecule has 0 spiro atoms. The van der Waals surface area contributed by atoms with Crippen LogP contribution in [-0.2, 0) is 6.61 Å². The molecule has 1 aromatic carbocycles. The van der Waals surface area contributed by atoms with Crippen LogP contribution < -0.4 is 4.74 Å². The summed E-state index contributed by atoms with van der Waals surface area (Å²) in [5.41, 5.74) is 5.62. The summed E-state index contributed by atoms with van der Waals surface area (Å²) in [6, 6.07) is 9.93. The van der Waals surface area contributed by atoms with E-state index in [4.69, 9.17) is 9.72 Å². The molecule has 0 fully saturated rings. The summed E-state index contributed by atoms with van der Waals surface area (Å²) in [5, 5.41) is 9.74. The van der Waals surface area contributed by atoms with Crippen LogP contribution in [0.2, 0.25) is 0 Å². The molecular weight excluding hydrogens is 264 g/mol. The minimum atomic E-state index is -0.0506. The van der Waals surface area contributed by atoms with Crippen LogP contribution in [0.3, 0.4) is 0 Å². The Morgan fingerprint density at radius 3 is 2.67 bits per heavy atom. The lowest BCUT2D eigenvalue weighted by Gasteiger charge is -2.07. The molecular formula is C17H18N2O2. The van der Waals surface area contributed by atoms with Gasteiger partial charge in [-0.05, 0) is 49.2 Å². The quantitative estimate of drug-likeness (QED) is 0.803. The van der Waals surface area contributed by atoms with Crippen molar-refractivity contribution in [2.45, 2.75) is 20.5 Å². The minimum absolute atomic E-state index is 0.0506. The summed E-state index contributed by atoms with van der Waals surface area (Å²) in [5.74, 6) is 0.851. The molecule has 0 unspecified atom stereocenters. The first kappa shape index (κ1) is 13.6. The zero-order valence-electron chi connectivity index (χ0n) is 12.4. The third-order valence-corrected chi connectivity index (χ3v) is 3.76. The molecule has 0 radical (unpaired) electrons. The van der Waals surface area contributed by atoms with Gasteiger partial charge in [0.05, 0.1) is 25.1 Å². The maximum atomic E-state index is 9.74. The molecule has 0 amide bonds. The molecule has 0 atom stereocenters. The second kappa shape index (κ2) is 5.22. The maximum absolute atomic E-state index is 9.74. The first-order chi connectivity index (χ1) is 10.2. The number of aliphatic hydroxyl groups is 1. The zero-order chi connectivity index (χ0) is 15.0. The molecule has 108 valence electrons. The Balaban J connectivity index is 2.24. The number of rotatable bonds is 3. The van der Waals surface area contributed by atoms with Gasteiger partial charge in [0.2, 0.25) is 0 Å². The molecule has 0 saturated carbocycles. The van der Waals surface area contributed by atoms with Gasteiger partial charge in [-0.3, -0.25) is 0 Å². The Morgan fingerprint density at radius 1 is 1.19 bits per heavy atom. The molecule has 0 aliphatic rings. The summed E-state index contributed by atoms with van der Waals surface area (Å²) >= 11 is 0. The van der Waals surface area contributed by atoms with E-state index in [-0.39, 0.29) is 6.61 Å². The van der Waals surface area contributed by atoms with Crippen molar-refractivity contribution < 1.29 is 9.84 Å². The number of aromatic nitrogens is 2. The second-order valence-electron chi connectivity index (χ2n) is 5.13. The smallest absolute Gasteiger partial charge is 0.140 e. The molecule has 0 aliphatic heterocycles. The molecule has 0 saturated heterocycles. The van der Waals surface area contributed by atoms with E-state index in [9.17, 15) is 5.11 Å². The molecule has 0 bridgehead atoms. The number of nitrogens with zero attached hydrogens (tertiary/aromatic N) is 2. The highest BCUT2D eigenvalue weighted by Gasteiger charge is 2.15. The molecule has 4 nitrogen and oxygen atoms in total. The fraction of sp³-hybridized carbons (Fsp3) is 0.235. The van der Waals surface area contributed by atoms with Crippen LogP contribution in [-0.4, -0.2) is 21.6 Å². The van der Waals surface area contributed by atoms with Gasteiger partial charge in [-0.15, -0.1) is 0 Å². The zero-order valence-corrected chi connectivity index (χ0v) is 12.4. The maximum Gasteiger partial charge on any atom is 0.140 e. The Hall–Kier alpha value is -2.33.